The van der Waals surface area contributed by atoms with Crippen molar-refractivity contribution in [1.29, 1.82) is 0 Å². The lowest BCUT2D eigenvalue weighted by molar-refractivity contribution is 0.0687. The molecule has 2 rings (SSSR count). The van der Waals surface area contributed by atoms with Crippen molar-refractivity contribution in [1.82, 2.24) is 0 Å². The van der Waals surface area contributed by atoms with Crippen LogP contribution in [0.5, 0.6) is 11.5 Å². The van der Waals surface area contributed by atoms with E-state index in [0.29, 0.717) is 11.5 Å². The first kappa shape index (κ1) is 16.2. The summed E-state index contributed by atoms with van der Waals surface area (Å²) < 4.78 is 10.1. The van der Waals surface area contributed by atoms with E-state index in [9.17, 15) is 19.8 Å². The van der Waals surface area contributed by atoms with E-state index in [0.717, 1.165) is 0 Å². The Morgan fingerprint density at radius 3 is 1.96 bits per heavy atom. The van der Waals surface area contributed by atoms with Crippen LogP contribution in [0.1, 0.15) is 20.7 Å². The average Bonchev–Trinajstić information content (AvgIpc) is 2.54. The molecule has 7 nitrogen and oxygen atoms in total. The highest BCUT2D eigenvalue weighted by Crippen LogP contribution is 2.29. The normalized spacial score (nSPS) is 10.0. The highest BCUT2D eigenvalue weighted by atomic mass is 16.5. The molecule has 0 atom stereocenters. The Hall–Kier alpha value is -3.22. The zero-order valence-electron chi connectivity index (χ0n) is 12.5. The van der Waals surface area contributed by atoms with Gasteiger partial charge in [-0.3, -0.25) is 0 Å². The van der Waals surface area contributed by atoms with Gasteiger partial charge in [-0.25, -0.2) is 9.59 Å². The summed E-state index contributed by atoms with van der Waals surface area (Å²) >= 11 is 0. The van der Waals surface area contributed by atoms with Crippen molar-refractivity contribution in [3.8, 4) is 11.5 Å². The third-order valence-electron chi connectivity index (χ3n) is 3.18. The van der Waals surface area contributed by atoms with E-state index in [2.05, 4.69) is 5.32 Å². The lowest BCUT2D eigenvalue weighted by atomic mass is 10.1. The monoisotopic (exact) mass is 317 g/mol. The molecule has 3 N–H and O–H groups in total. The first-order valence-corrected chi connectivity index (χ1v) is 6.56. The molecule has 0 radical (unpaired) electrons. The first-order chi connectivity index (χ1) is 11.0. The highest BCUT2D eigenvalue weighted by Gasteiger charge is 2.16. The number of hydrogen-bond donors (Lipinski definition) is 3. The van der Waals surface area contributed by atoms with Gasteiger partial charge in [0, 0.05) is 6.07 Å². The molecular formula is C16H15NO6. The fourth-order valence-corrected chi connectivity index (χ4v) is 2.02. The largest absolute Gasteiger partial charge is 0.497 e. The molecule has 0 heterocycles. The number of carbonyl (C=O) groups is 2. The Bertz CT molecular complexity index is 756. The molecule has 0 aliphatic carbocycles. The van der Waals surface area contributed by atoms with E-state index in [-0.39, 0.29) is 22.5 Å². The van der Waals surface area contributed by atoms with Gasteiger partial charge in [0.05, 0.1) is 36.7 Å². The predicted molar refractivity (Wildman–Crippen MR) is 83.2 cm³/mol. The minimum Gasteiger partial charge on any atom is -0.497 e. The molecule has 7 heteroatoms. The standard InChI is InChI=1S/C16H15NO6/c1-22-9-4-6-13(12(7-9)16(20)21)17-14-8-10(23-2)3-5-11(14)15(18)19/h3-8,17H,1-2H3,(H,18,19)(H,20,21). The van der Waals surface area contributed by atoms with Crippen molar-refractivity contribution in [3.63, 3.8) is 0 Å². The van der Waals surface area contributed by atoms with Gasteiger partial charge in [0.15, 0.2) is 0 Å². The van der Waals surface area contributed by atoms with Crippen molar-refractivity contribution in [2.75, 3.05) is 19.5 Å². The molecule has 2 aromatic rings. The lowest BCUT2D eigenvalue weighted by Gasteiger charge is -2.14. The summed E-state index contributed by atoms with van der Waals surface area (Å²) in [7, 11) is 2.88. The van der Waals surface area contributed by atoms with E-state index in [1.807, 2.05) is 0 Å². The van der Waals surface area contributed by atoms with Crippen molar-refractivity contribution in [3.05, 3.63) is 47.5 Å². The number of benzene rings is 2. The molecule has 0 aromatic heterocycles. The minimum absolute atomic E-state index is 0.00189. The van der Waals surface area contributed by atoms with Crippen LogP contribution in [-0.4, -0.2) is 36.4 Å². The van der Waals surface area contributed by atoms with Gasteiger partial charge >= 0.3 is 11.9 Å². The van der Waals surface area contributed by atoms with Crippen LogP contribution in [0.15, 0.2) is 36.4 Å². The van der Waals surface area contributed by atoms with E-state index in [1.165, 1.54) is 44.6 Å². The van der Waals surface area contributed by atoms with Crippen LogP contribution in [-0.2, 0) is 0 Å². The predicted octanol–water partition coefficient (Wildman–Crippen LogP) is 2.84. The van der Waals surface area contributed by atoms with E-state index in [4.69, 9.17) is 9.47 Å². The maximum absolute atomic E-state index is 11.4. The molecule has 0 aliphatic heterocycles. The molecule has 0 spiro atoms. The fourth-order valence-electron chi connectivity index (χ4n) is 2.02. The number of rotatable bonds is 6. The number of nitrogens with one attached hydrogen (secondary N) is 1. The second kappa shape index (κ2) is 6.69. The number of carboxylic acids is 2. The maximum Gasteiger partial charge on any atom is 0.337 e. The highest BCUT2D eigenvalue weighted by molar-refractivity contribution is 5.99. The Balaban J connectivity index is 2.50. The quantitative estimate of drug-likeness (QED) is 0.752. The van der Waals surface area contributed by atoms with Crippen LogP contribution in [0.25, 0.3) is 0 Å². The topological polar surface area (TPSA) is 105 Å². The zero-order chi connectivity index (χ0) is 17.0. The molecule has 0 unspecified atom stereocenters. The number of ether oxygens (including phenoxy) is 2. The summed E-state index contributed by atoms with van der Waals surface area (Å²) in [6, 6.07) is 8.82. The summed E-state index contributed by atoms with van der Waals surface area (Å²) in [5.41, 5.74) is 0.431. The number of methoxy groups -OCH3 is 2. The number of aromatic carboxylic acids is 2. The second-order valence-electron chi connectivity index (χ2n) is 4.56. The number of hydrogen-bond acceptors (Lipinski definition) is 5. The van der Waals surface area contributed by atoms with E-state index < -0.39 is 11.9 Å². The molecule has 0 amide bonds. The molecule has 2 aromatic carbocycles. The molecule has 0 aliphatic rings. The Labute approximate surface area is 132 Å². The van der Waals surface area contributed by atoms with Crippen molar-refractivity contribution in [2.24, 2.45) is 0 Å². The molecule has 0 saturated heterocycles. The van der Waals surface area contributed by atoms with Gasteiger partial charge in [0.2, 0.25) is 0 Å². The summed E-state index contributed by atoms with van der Waals surface area (Å²) in [4.78, 5) is 22.7. The van der Waals surface area contributed by atoms with Gasteiger partial charge in [0.1, 0.15) is 11.5 Å². The molecule has 0 fully saturated rings. The lowest BCUT2D eigenvalue weighted by Crippen LogP contribution is -2.07. The van der Waals surface area contributed by atoms with Gasteiger partial charge in [-0.05, 0) is 30.3 Å². The average molecular weight is 317 g/mol. The van der Waals surface area contributed by atoms with Gasteiger partial charge in [-0.2, -0.15) is 0 Å². The van der Waals surface area contributed by atoms with E-state index >= 15 is 0 Å². The number of anilines is 2. The van der Waals surface area contributed by atoms with E-state index in [1.54, 1.807) is 6.07 Å². The molecule has 0 saturated carbocycles. The van der Waals surface area contributed by atoms with Crippen LogP contribution < -0.4 is 14.8 Å². The zero-order valence-corrected chi connectivity index (χ0v) is 12.5. The van der Waals surface area contributed by atoms with Crippen molar-refractivity contribution >= 4 is 23.3 Å². The van der Waals surface area contributed by atoms with Gasteiger partial charge < -0.3 is 25.0 Å². The molecule has 23 heavy (non-hydrogen) atoms. The Kier molecular flexibility index (Phi) is 4.70. The minimum atomic E-state index is -1.16. The van der Waals surface area contributed by atoms with Crippen LogP contribution in [0.2, 0.25) is 0 Å². The number of carboxylic acid groups (broad SMARTS) is 2. The summed E-state index contributed by atoms with van der Waals surface area (Å²) in [6.07, 6.45) is 0. The van der Waals surface area contributed by atoms with Gasteiger partial charge in [-0.15, -0.1) is 0 Å². The maximum atomic E-state index is 11.4. The van der Waals surface area contributed by atoms with Gasteiger partial charge in [0.25, 0.3) is 0 Å². The van der Waals surface area contributed by atoms with Gasteiger partial charge in [-0.1, -0.05) is 0 Å². The summed E-state index contributed by atoms with van der Waals surface area (Å²) in [5.74, 6) is -1.47. The Morgan fingerprint density at radius 2 is 1.39 bits per heavy atom. The summed E-state index contributed by atoms with van der Waals surface area (Å²) in [5, 5.41) is 21.4. The van der Waals surface area contributed by atoms with Crippen LogP contribution >= 0.6 is 0 Å². The Morgan fingerprint density at radius 1 is 0.826 bits per heavy atom. The smallest absolute Gasteiger partial charge is 0.337 e. The molecule has 120 valence electrons. The third-order valence-corrected chi connectivity index (χ3v) is 3.18. The molecule has 0 bridgehead atoms. The molecular weight excluding hydrogens is 302 g/mol. The first-order valence-electron chi connectivity index (χ1n) is 6.56. The SMILES string of the molecule is COc1ccc(C(=O)O)c(Nc2ccc(OC)cc2C(=O)O)c1. The third kappa shape index (κ3) is 3.52. The second-order valence-corrected chi connectivity index (χ2v) is 4.56. The van der Waals surface area contributed by atoms with Crippen molar-refractivity contribution < 1.29 is 29.3 Å². The van der Waals surface area contributed by atoms with Crippen LogP contribution in [0.4, 0.5) is 11.4 Å². The van der Waals surface area contributed by atoms with Crippen molar-refractivity contribution in [2.45, 2.75) is 0 Å². The fraction of sp³-hybridized carbons (Fsp3) is 0.125. The van der Waals surface area contributed by atoms with Crippen LogP contribution in [0.3, 0.4) is 0 Å². The summed E-state index contributed by atoms with van der Waals surface area (Å²) in [6.45, 7) is 0. The van der Waals surface area contributed by atoms with Crippen LogP contribution in [0, 0.1) is 0 Å².